The number of phenols is 1. The van der Waals surface area contributed by atoms with Crippen molar-refractivity contribution in [1.82, 2.24) is 20.6 Å². The molecule has 0 radical (unpaired) electrons. The maximum Gasteiger partial charge on any atom is 0.253 e. The number of fused-ring (bicyclic) bond motifs is 1. The number of imidazole rings is 1. The Kier molecular flexibility index (Phi) is 6.14. The van der Waals surface area contributed by atoms with Crippen LogP contribution in [0.3, 0.4) is 0 Å². The van der Waals surface area contributed by atoms with E-state index in [1.165, 1.54) is 6.42 Å². The highest BCUT2D eigenvalue weighted by molar-refractivity contribution is 6.06. The first kappa shape index (κ1) is 18.7. The molecule has 0 saturated carbocycles. The van der Waals surface area contributed by atoms with Gasteiger partial charge in [0.25, 0.3) is 5.91 Å². The Labute approximate surface area is 154 Å². The molecule has 1 fully saturated rings. The Bertz CT molecular complexity index is 748. The molecule has 1 aromatic carbocycles. The molecule has 2 aromatic rings. The number of hydrogen-bond donors (Lipinski definition) is 4. The number of carbonyl (C=O) groups excluding carboxylic acids is 1. The highest BCUT2D eigenvalue weighted by Crippen LogP contribution is 2.26. The first-order valence-corrected chi connectivity index (χ1v) is 9.76. The molecule has 1 aromatic heterocycles. The van der Waals surface area contributed by atoms with E-state index >= 15 is 0 Å². The number of benzene rings is 1. The molecule has 0 spiro atoms. The summed E-state index contributed by atoms with van der Waals surface area (Å²) in [6.07, 6.45) is 6.29. The van der Waals surface area contributed by atoms with Gasteiger partial charge in [-0.1, -0.05) is 26.7 Å². The predicted octanol–water partition coefficient (Wildman–Crippen LogP) is 3.12. The van der Waals surface area contributed by atoms with Crippen LogP contribution in [-0.4, -0.2) is 40.1 Å². The molecular formula is C20H30N4O2. The lowest BCUT2D eigenvalue weighted by Crippen LogP contribution is -2.45. The van der Waals surface area contributed by atoms with Gasteiger partial charge in [-0.25, -0.2) is 4.98 Å². The van der Waals surface area contributed by atoms with Crippen LogP contribution in [0, 0.1) is 5.92 Å². The largest absolute Gasteiger partial charge is 0.506 e. The van der Waals surface area contributed by atoms with Gasteiger partial charge in [-0.15, -0.1) is 0 Å². The smallest absolute Gasteiger partial charge is 0.253 e. The normalized spacial score (nSPS) is 17.7. The van der Waals surface area contributed by atoms with Crippen LogP contribution in [0.2, 0.25) is 0 Å². The number of aryl methyl sites for hydroxylation is 1. The number of piperidine rings is 1. The van der Waals surface area contributed by atoms with Crippen molar-refractivity contribution in [2.45, 2.75) is 58.4 Å². The fraction of sp³-hybridized carbons (Fsp3) is 0.600. The second-order valence-electron chi connectivity index (χ2n) is 7.70. The van der Waals surface area contributed by atoms with E-state index in [0.29, 0.717) is 22.5 Å². The number of nitrogens with zero attached hydrogens (tertiary/aromatic N) is 1. The fourth-order valence-electron chi connectivity index (χ4n) is 3.51. The lowest BCUT2D eigenvalue weighted by atomic mass is 10.1. The molecule has 0 bridgehead atoms. The van der Waals surface area contributed by atoms with E-state index in [-0.39, 0.29) is 17.7 Å². The third kappa shape index (κ3) is 4.55. The molecular weight excluding hydrogens is 328 g/mol. The highest BCUT2D eigenvalue weighted by Gasteiger charge is 2.20. The van der Waals surface area contributed by atoms with Crippen molar-refractivity contribution in [3.05, 3.63) is 23.5 Å². The van der Waals surface area contributed by atoms with Crippen LogP contribution < -0.4 is 10.6 Å². The van der Waals surface area contributed by atoms with Crippen LogP contribution in [0.1, 0.15) is 62.1 Å². The Morgan fingerprint density at radius 3 is 2.96 bits per heavy atom. The lowest BCUT2D eigenvalue weighted by molar-refractivity contribution is 0.0932. The van der Waals surface area contributed by atoms with Crippen molar-refractivity contribution in [2.24, 2.45) is 5.92 Å². The van der Waals surface area contributed by atoms with Crippen molar-refractivity contribution >= 4 is 16.9 Å². The number of hydrogen-bond acceptors (Lipinski definition) is 4. The Morgan fingerprint density at radius 1 is 1.38 bits per heavy atom. The zero-order valence-corrected chi connectivity index (χ0v) is 15.8. The molecule has 1 aliphatic heterocycles. The number of unbranched alkanes of at least 4 members (excludes halogenated alkanes) is 1. The van der Waals surface area contributed by atoms with Gasteiger partial charge in [0.2, 0.25) is 0 Å². The van der Waals surface area contributed by atoms with Crippen molar-refractivity contribution in [3.63, 3.8) is 0 Å². The minimum atomic E-state index is -0.124. The summed E-state index contributed by atoms with van der Waals surface area (Å²) in [7, 11) is 0. The molecule has 6 nitrogen and oxygen atoms in total. The maximum absolute atomic E-state index is 12.7. The van der Waals surface area contributed by atoms with E-state index < -0.39 is 0 Å². The van der Waals surface area contributed by atoms with Gasteiger partial charge in [0.05, 0.1) is 5.56 Å². The minimum absolute atomic E-state index is 0.124. The van der Waals surface area contributed by atoms with E-state index in [9.17, 15) is 9.90 Å². The molecule has 1 saturated heterocycles. The van der Waals surface area contributed by atoms with Crippen molar-refractivity contribution in [1.29, 1.82) is 0 Å². The van der Waals surface area contributed by atoms with Crippen LogP contribution >= 0.6 is 0 Å². The van der Waals surface area contributed by atoms with Gasteiger partial charge in [0, 0.05) is 19.0 Å². The van der Waals surface area contributed by atoms with Gasteiger partial charge in [0.1, 0.15) is 22.6 Å². The van der Waals surface area contributed by atoms with Gasteiger partial charge in [0.15, 0.2) is 0 Å². The summed E-state index contributed by atoms with van der Waals surface area (Å²) in [6.45, 7) is 6.27. The molecule has 4 N–H and O–H groups in total. The van der Waals surface area contributed by atoms with Crippen molar-refractivity contribution in [3.8, 4) is 5.75 Å². The summed E-state index contributed by atoms with van der Waals surface area (Å²) in [5, 5.41) is 16.5. The number of phenolic OH excluding ortho intramolecular Hbond substituents is 1. The van der Waals surface area contributed by atoms with Crippen molar-refractivity contribution < 1.29 is 9.90 Å². The summed E-state index contributed by atoms with van der Waals surface area (Å²) in [5.41, 5.74) is 1.64. The molecule has 0 unspecified atom stereocenters. The summed E-state index contributed by atoms with van der Waals surface area (Å²) in [5.74, 6) is 1.55. The number of carbonyl (C=O) groups is 1. The monoisotopic (exact) mass is 358 g/mol. The predicted molar refractivity (Wildman–Crippen MR) is 104 cm³/mol. The topological polar surface area (TPSA) is 90.0 Å². The SMILES string of the molecule is CC(C)CCCCc1nc2c(C(=O)N[C@H]3CCCNC3)ccc(O)c2[nH]1. The van der Waals surface area contributed by atoms with Crippen LogP contribution in [0.5, 0.6) is 5.75 Å². The summed E-state index contributed by atoms with van der Waals surface area (Å²) in [4.78, 5) is 20.5. The lowest BCUT2D eigenvalue weighted by Gasteiger charge is -2.23. The molecule has 3 rings (SSSR count). The molecule has 1 amide bonds. The first-order chi connectivity index (χ1) is 12.5. The second-order valence-corrected chi connectivity index (χ2v) is 7.70. The molecule has 2 heterocycles. The molecule has 1 aliphatic rings. The zero-order valence-electron chi connectivity index (χ0n) is 15.8. The number of aromatic amines is 1. The van der Waals surface area contributed by atoms with Crippen LogP contribution in [-0.2, 0) is 6.42 Å². The van der Waals surface area contributed by atoms with E-state index in [4.69, 9.17) is 0 Å². The first-order valence-electron chi connectivity index (χ1n) is 9.76. The average Bonchev–Trinajstić information content (AvgIpc) is 3.04. The molecule has 0 aliphatic carbocycles. The number of aromatic nitrogens is 2. The Hall–Kier alpha value is -2.08. The van der Waals surface area contributed by atoms with Crippen LogP contribution in [0.15, 0.2) is 12.1 Å². The summed E-state index contributed by atoms with van der Waals surface area (Å²) < 4.78 is 0. The minimum Gasteiger partial charge on any atom is -0.506 e. The highest BCUT2D eigenvalue weighted by atomic mass is 16.3. The number of H-pyrrole nitrogens is 1. The maximum atomic E-state index is 12.7. The van der Waals surface area contributed by atoms with Gasteiger partial charge in [-0.2, -0.15) is 0 Å². The number of amides is 1. The molecule has 142 valence electrons. The van der Waals surface area contributed by atoms with Gasteiger partial charge >= 0.3 is 0 Å². The Morgan fingerprint density at radius 2 is 2.23 bits per heavy atom. The van der Waals surface area contributed by atoms with E-state index in [2.05, 4.69) is 34.4 Å². The fourth-order valence-corrected chi connectivity index (χ4v) is 3.51. The second kappa shape index (κ2) is 8.54. The van der Waals surface area contributed by atoms with Gasteiger partial charge in [-0.3, -0.25) is 4.79 Å². The van der Waals surface area contributed by atoms with Gasteiger partial charge < -0.3 is 20.7 Å². The van der Waals surface area contributed by atoms with E-state index in [1.54, 1.807) is 12.1 Å². The number of nitrogens with one attached hydrogen (secondary N) is 3. The molecule has 6 heteroatoms. The van der Waals surface area contributed by atoms with E-state index in [0.717, 1.165) is 51.0 Å². The molecule has 1 atom stereocenters. The quantitative estimate of drug-likeness (QED) is 0.573. The molecule has 26 heavy (non-hydrogen) atoms. The third-order valence-electron chi connectivity index (χ3n) is 4.99. The summed E-state index contributed by atoms with van der Waals surface area (Å²) >= 11 is 0. The zero-order chi connectivity index (χ0) is 18.5. The summed E-state index contributed by atoms with van der Waals surface area (Å²) in [6, 6.07) is 3.37. The number of rotatable bonds is 7. The van der Waals surface area contributed by atoms with Gasteiger partial charge in [-0.05, 0) is 43.9 Å². The third-order valence-corrected chi connectivity index (χ3v) is 4.99. The van der Waals surface area contributed by atoms with E-state index in [1.807, 2.05) is 0 Å². The Balaban J connectivity index is 1.73. The van der Waals surface area contributed by atoms with Crippen LogP contribution in [0.4, 0.5) is 0 Å². The number of aromatic hydroxyl groups is 1. The van der Waals surface area contributed by atoms with Crippen molar-refractivity contribution in [2.75, 3.05) is 13.1 Å². The average molecular weight is 358 g/mol. The standard InChI is InChI=1S/C20H30N4O2/c1-13(2)6-3-4-8-17-23-18-15(9-10-16(25)19(18)24-17)20(26)22-14-7-5-11-21-12-14/h9-10,13-14,21,25H,3-8,11-12H2,1-2H3,(H,22,26)(H,23,24)/t14-/m0/s1. The van der Waals surface area contributed by atoms with Crippen LogP contribution in [0.25, 0.3) is 11.0 Å².